The number of ether oxygens (including phenoxy) is 1. The molecule has 0 spiro atoms. The molecule has 0 bridgehead atoms. The van der Waals surface area contributed by atoms with Gasteiger partial charge in [0.15, 0.2) is 0 Å². The number of rotatable bonds is 5. The first-order chi connectivity index (χ1) is 9.89. The molecule has 1 heterocycles. The summed E-state index contributed by atoms with van der Waals surface area (Å²) in [5.74, 6) is 0. The van der Waals surface area contributed by atoms with Crippen molar-refractivity contribution in [2.75, 3.05) is 33.4 Å². The number of carbonyl (C=O) groups excluding carboxylic acids is 1. The second-order valence-electron chi connectivity index (χ2n) is 6.57. The molecule has 0 radical (unpaired) electrons. The smallest absolute Gasteiger partial charge is 0.317 e. The van der Waals surface area contributed by atoms with Gasteiger partial charge in [-0.2, -0.15) is 0 Å². The van der Waals surface area contributed by atoms with Gasteiger partial charge in [-0.05, 0) is 31.4 Å². The van der Waals surface area contributed by atoms with Crippen LogP contribution in [0.25, 0.3) is 0 Å². The van der Waals surface area contributed by atoms with E-state index in [1.54, 1.807) is 4.90 Å². The standard InChI is InChI=1S/C17H26N2O2/c1-13-5-6-15(14(2)9-13)7-8-18-16(20)19(4)10-17(3)11-21-12-17/h5-6,9H,7-8,10-12H2,1-4H3,(H,18,20). The molecule has 1 aliphatic heterocycles. The third kappa shape index (κ3) is 4.21. The molecule has 1 saturated heterocycles. The van der Waals surface area contributed by atoms with Crippen LogP contribution in [0.1, 0.15) is 23.6 Å². The minimum atomic E-state index is -0.00658. The Labute approximate surface area is 127 Å². The Bertz CT molecular complexity index is 510. The molecule has 2 amide bonds. The zero-order chi connectivity index (χ0) is 15.5. The second kappa shape index (κ2) is 6.48. The molecule has 1 N–H and O–H groups in total. The molecule has 21 heavy (non-hydrogen) atoms. The molecule has 1 aromatic carbocycles. The average molecular weight is 290 g/mol. The maximum absolute atomic E-state index is 12.1. The van der Waals surface area contributed by atoms with Gasteiger partial charge in [-0.25, -0.2) is 4.79 Å². The fourth-order valence-electron chi connectivity index (χ4n) is 2.75. The summed E-state index contributed by atoms with van der Waals surface area (Å²) in [5.41, 5.74) is 3.98. The number of urea groups is 1. The molecule has 0 saturated carbocycles. The Kier molecular flexibility index (Phi) is 4.88. The van der Waals surface area contributed by atoms with Crippen LogP contribution in [-0.4, -0.2) is 44.3 Å². The SMILES string of the molecule is Cc1ccc(CCNC(=O)N(C)CC2(C)COC2)c(C)c1. The van der Waals surface area contributed by atoms with Gasteiger partial charge in [-0.15, -0.1) is 0 Å². The fourth-order valence-corrected chi connectivity index (χ4v) is 2.75. The summed E-state index contributed by atoms with van der Waals surface area (Å²) in [6.45, 7) is 9.25. The predicted molar refractivity (Wildman–Crippen MR) is 84.6 cm³/mol. The number of nitrogens with one attached hydrogen (secondary N) is 1. The molecule has 4 nitrogen and oxygen atoms in total. The highest BCUT2D eigenvalue weighted by atomic mass is 16.5. The van der Waals surface area contributed by atoms with Crippen molar-refractivity contribution in [1.29, 1.82) is 0 Å². The summed E-state index contributed by atoms with van der Waals surface area (Å²) in [6, 6.07) is 6.44. The van der Waals surface area contributed by atoms with Crippen LogP contribution in [0.3, 0.4) is 0 Å². The van der Waals surface area contributed by atoms with Gasteiger partial charge in [-0.1, -0.05) is 30.7 Å². The minimum absolute atomic E-state index is 0.00658. The van der Waals surface area contributed by atoms with E-state index in [9.17, 15) is 4.79 Å². The molecule has 2 rings (SSSR count). The van der Waals surface area contributed by atoms with Gasteiger partial charge in [0.2, 0.25) is 0 Å². The lowest BCUT2D eigenvalue weighted by Gasteiger charge is -2.40. The predicted octanol–water partition coefficient (Wildman–Crippen LogP) is 2.52. The molecule has 1 aromatic rings. The summed E-state index contributed by atoms with van der Waals surface area (Å²) in [7, 11) is 1.84. The van der Waals surface area contributed by atoms with Crippen LogP contribution >= 0.6 is 0 Å². The normalized spacial score (nSPS) is 16.2. The van der Waals surface area contributed by atoms with Crippen LogP contribution in [0.15, 0.2) is 18.2 Å². The molecule has 0 atom stereocenters. The van der Waals surface area contributed by atoms with Gasteiger partial charge in [0.05, 0.1) is 13.2 Å². The summed E-state index contributed by atoms with van der Waals surface area (Å²) in [6.07, 6.45) is 0.867. The second-order valence-corrected chi connectivity index (χ2v) is 6.57. The zero-order valence-electron chi connectivity index (χ0n) is 13.5. The summed E-state index contributed by atoms with van der Waals surface area (Å²) in [4.78, 5) is 13.8. The van der Waals surface area contributed by atoms with Gasteiger partial charge in [-0.3, -0.25) is 0 Å². The summed E-state index contributed by atoms with van der Waals surface area (Å²) >= 11 is 0. The first kappa shape index (κ1) is 15.8. The maximum atomic E-state index is 12.1. The molecule has 4 heteroatoms. The minimum Gasteiger partial charge on any atom is -0.380 e. The topological polar surface area (TPSA) is 41.6 Å². The molecule has 116 valence electrons. The van der Waals surface area contributed by atoms with E-state index in [-0.39, 0.29) is 11.4 Å². The molecule has 1 aliphatic rings. The summed E-state index contributed by atoms with van der Waals surface area (Å²) < 4.78 is 5.22. The van der Waals surface area contributed by atoms with Crippen LogP contribution in [0, 0.1) is 19.3 Å². The van der Waals surface area contributed by atoms with Gasteiger partial charge in [0.1, 0.15) is 0 Å². The third-order valence-corrected chi connectivity index (χ3v) is 4.04. The summed E-state index contributed by atoms with van der Waals surface area (Å²) in [5, 5.41) is 2.99. The molecule has 1 fully saturated rings. The van der Waals surface area contributed by atoms with Crippen LogP contribution in [-0.2, 0) is 11.2 Å². The maximum Gasteiger partial charge on any atom is 0.317 e. The van der Waals surface area contributed by atoms with Crippen molar-refractivity contribution >= 4 is 6.03 Å². The van der Waals surface area contributed by atoms with Crippen molar-refractivity contribution in [1.82, 2.24) is 10.2 Å². The lowest BCUT2D eigenvalue weighted by Crippen LogP contribution is -2.51. The third-order valence-electron chi connectivity index (χ3n) is 4.04. The Balaban J connectivity index is 1.75. The average Bonchev–Trinajstić information content (AvgIpc) is 2.39. The van der Waals surface area contributed by atoms with Crippen molar-refractivity contribution in [2.45, 2.75) is 27.2 Å². The Morgan fingerprint density at radius 3 is 2.67 bits per heavy atom. The van der Waals surface area contributed by atoms with Crippen molar-refractivity contribution in [3.8, 4) is 0 Å². The van der Waals surface area contributed by atoms with Crippen LogP contribution in [0.5, 0.6) is 0 Å². The number of aryl methyl sites for hydroxylation is 2. The Hall–Kier alpha value is -1.55. The fraction of sp³-hybridized carbons (Fsp3) is 0.588. The highest BCUT2D eigenvalue weighted by Crippen LogP contribution is 2.27. The largest absolute Gasteiger partial charge is 0.380 e. The van der Waals surface area contributed by atoms with Gasteiger partial charge in [0, 0.05) is 25.6 Å². The van der Waals surface area contributed by atoms with E-state index in [1.807, 2.05) is 7.05 Å². The van der Waals surface area contributed by atoms with Crippen molar-refractivity contribution in [3.63, 3.8) is 0 Å². The van der Waals surface area contributed by atoms with E-state index in [0.717, 1.165) is 26.2 Å². The van der Waals surface area contributed by atoms with Gasteiger partial charge in [0.25, 0.3) is 0 Å². The number of carbonyl (C=O) groups is 1. The number of nitrogens with zero attached hydrogens (tertiary/aromatic N) is 1. The molecule has 0 unspecified atom stereocenters. The number of hydrogen-bond acceptors (Lipinski definition) is 2. The van der Waals surface area contributed by atoms with Gasteiger partial charge >= 0.3 is 6.03 Å². The van der Waals surface area contributed by atoms with Crippen molar-refractivity contribution in [3.05, 3.63) is 34.9 Å². The molecular weight excluding hydrogens is 264 g/mol. The lowest BCUT2D eigenvalue weighted by atomic mass is 9.88. The van der Waals surface area contributed by atoms with Gasteiger partial charge < -0.3 is 15.0 Å². The molecular formula is C17H26N2O2. The van der Waals surface area contributed by atoms with E-state index >= 15 is 0 Å². The number of benzene rings is 1. The zero-order valence-corrected chi connectivity index (χ0v) is 13.5. The number of hydrogen-bond donors (Lipinski definition) is 1. The van der Waals surface area contributed by atoms with Crippen LogP contribution < -0.4 is 5.32 Å². The van der Waals surface area contributed by atoms with E-state index < -0.39 is 0 Å². The van der Waals surface area contributed by atoms with E-state index in [1.165, 1.54) is 16.7 Å². The highest BCUT2D eigenvalue weighted by molar-refractivity contribution is 5.73. The molecule has 0 aliphatic carbocycles. The van der Waals surface area contributed by atoms with Crippen molar-refractivity contribution < 1.29 is 9.53 Å². The van der Waals surface area contributed by atoms with Crippen molar-refractivity contribution in [2.24, 2.45) is 5.41 Å². The Morgan fingerprint density at radius 2 is 2.10 bits per heavy atom. The monoisotopic (exact) mass is 290 g/mol. The van der Waals surface area contributed by atoms with E-state index in [0.29, 0.717) is 6.54 Å². The number of amides is 2. The quantitative estimate of drug-likeness (QED) is 0.905. The van der Waals surface area contributed by atoms with Crippen LogP contribution in [0.4, 0.5) is 4.79 Å². The molecule has 0 aromatic heterocycles. The highest BCUT2D eigenvalue weighted by Gasteiger charge is 2.35. The first-order valence-electron chi connectivity index (χ1n) is 7.52. The lowest BCUT2D eigenvalue weighted by molar-refractivity contribution is -0.108. The first-order valence-corrected chi connectivity index (χ1v) is 7.52. The van der Waals surface area contributed by atoms with E-state index in [4.69, 9.17) is 4.74 Å². The van der Waals surface area contributed by atoms with E-state index in [2.05, 4.69) is 44.3 Å². The Morgan fingerprint density at radius 1 is 1.38 bits per heavy atom. The van der Waals surface area contributed by atoms with Crippen LogP contribution in [0.2, 0.25) is 0 Å².